The third-order valence-electron chi connectivity index (χ3n) is 6.19. The Bertz CT molecular complexity index is 1010. The lowest BCUT2D eigenvalue weighted by atomic mass is 9.96. The monoisotopic (exact) mass is 499 g/mol. The molecule has 1 aliphatic rings. The average molecular weight is 500 g/mol. The molecule has 3 amide bonds. The number of allylic oxidation sites excluding steroid dienone is 1. The lowest BCUT2D eigenvalue weighted by Gasteiger charge is -2.36. The van der Waals surface area contributed by atoms with Gasteiger partial charge in [0.2, 0.25) is 0 Å². The topological polar surface area (TPSA) is 106 Å². The van der Waals surface area contributed by atoms with Gasteiger partial charge in [-0.25, -0.2) is 10.3 Å². The van der Waals surface area contributed by atoms with Gasteiger partial charge in [0.05, 0.1) is 0 Å². The summed E-state index contributed by atoms with van der Waals surface area (Å²) < 4.78 is 10.9. The normalized spacial score (nSPS) is 18.8. The van der Waals surface area contributed by atoms with E-state index < -0.39 is 35.2 Å². The van der Waals surface area contributed by atoms with E-state index in [4.69, 9.17) is 14.3 Å². The number of likely N-dealkylation sites (N-methyl/N-ethyl adjacent to an activating group) is 2. The highest BCUT2D eigenvalue weighted by molar-refractivity contribution is 6.12. The van der Waals surface area contributed by atoms with E-state index in [2.05, 4.69) is 22.6 Å². The Balaban J connectivity index is 2.19. The number of nitrogens with one attached hydrogen (secondary N) is 2. The molecule has 0 saturated carbocycles. The minimum absolute atomic E-state index is 0.294. The molecule has 36 heavy (non-hydrogen) atoms. The Labute approximate surface area is 213 Å². The summed E-state index contributed by atoms with van der Waals surface area (Å²) in [5.41, 5.74) is 0.691. The van der Waals surface area contributed by atoms with E-state index in [1.165, 1.54) is 21.0 Å². The molecule has 1 heterocycles. The number of rotatable bonds is 9. The van der Waals surface area contributed by atoms with E-state index in [1.54, 1.807) is 31.4 Å². The van der Waals surface area contributed by atoms with Crippen molar-refractivity contribution in [2.24, 2.45) is 0 Å². The molecule has 1 saturated heterocycles. The maximum absolute atomic E-state index is 13.3. The van der Waals surface area contributed by atoms with Gasteiger partial charge in [0.15, 0.2) is 11.8 Å². The molecule has 1 aromatic rings. The minimum atomic E-state index is -1.87. The van der Waals surface area contributed by atoms with Crippen molar-refractivity contribution in [3.63, 3.8) is 0 Å². The van der Waals surface area contributed by atoms with Crippen LogP contribution in [-0.4, -0.2) is 67.9 Å². The Morgan fingerprint density at radius 2 is 1.89 bits per heavy atom. The number of carbonyl (C=O) groups is 3. The predicted octanol–water partition coefficient (Wildman–Crippen LogP) is 2.56. The molecule has 2 rings (SSSR count). The highest BCUT2D eigenvalue weighted by Gasteiger charge is 2.47. The van der Waals surface area contributed by atoms with Gasteiger partial charge in [0.1, 0.15) is 5.60 Å². The number of nitrogens with zero attached hydrogens (tertiary/aromatic N) is 1. The van der Waals surface area contributed by atoms with Crippen molar-refractivity contribution in [1.82, 2.24) is 15.7 Å². The van der Waals surface area contributed by atoms with Crippen LogP contribution in [0.3, 0.4) is 0 Å². The van der Waals surface area contributed by atoms with E-state index in [9.17, 15) is 14.4 Å². The van der Waals surface area contributed by atoms with E-state index in [1.807, 2.05) is 26.0 Å². The SMILES string of the molecule is CC/C=C\C(C)(C#Cc1ccc(C(=O)N(C)C(C)(C(=O)NC)C(=O)NOC2CCCCO2)cc1)OC. The summed E-state index contributed by atoms with van der Waals surface area (Å²) >= 11 is 0. The molecule has 0 radical (unpaired) electrons. The van der Waals surface area contributed by atoms with Crippen LogP contribution in [0.1, 0.15) is 62.4 Å². The molecule has 0 aliphatic carbocycles. The summed E-state index contributed by atoms with van der Waals surface area (Å²) in [6, 6.07) is 6.61. The maximum Gasteiger partial charge on any atom is 0.279 e. The van der Waals surface area contributed by atoms with Gasteiger partial charge in [-0.05, 0) is 63.5 Å². The van der Waals surface area contributed by atoms with Crippen LogP contribution in [0.15, 0.2) is 36.4 Å². The number of benzene rings is 1. The molecule has 0 spiro atoms. The van der Waals surface area contributed by atoms with Crippen molar-refractivity contribution in [3.8, 4) is 11.8 Å². The van der Waals surface area contributed by atoms with Crippen LogP contribution >= 0.6 is 0 Å². The zero-order chi connectivity index (χ0) is 26.8. The summed E-state index contributed by atoms with van der Waals surface area (Å²) in [5.74, 6) is 4.18. The van der Waals surface area contributed by atoms with Gasteiger partial charge in [-0.15, -0.1) is 0 Å². The zero-order valence-corrected chi connectivity index (χ0v) is 22.0. The molecule has 1 aliphatic heterocycles. The fourth-order valence-corrected chi connectivity index (χ4v) is 3.47. The molecule has 196 valence electrons. The summed E-state index contributed by atoms with van der Waals surface area (Å²) in [6.45, 7) is 5.79. The van der Waals surface area contributed by atoms with Gasteiger partial charge < -0.3 is 19.7 Å². The molecule has 3 unspecified atom stereocenters. The van der Waals surface area contributed by atoms with Crippen LogP contribution in [-0.2, 0) is 23.9 Å². The van der Waals surface area contributed by atoms with Crippen LogP contribution in [0.2, 0.25) is 0 Å². The predicted molar refractivity (Wildman–Crippen MR) is 136 cm³/mol. The summed E-state index contributed by atoms with van der Waals surface area (Å²) in [5, 5.41) is 2.46. The number of methoxy groups -OCH3 is 1. The van der Waals surface area contributed by atoms with Crippen LogP contribution in [0, 0.1) is 11.8 Å². The fraction of sp³-hybridized carbons (Fsp3) is 0.519. The molecular formula is C27H37N3O6. The van der Waals surface area contributed by atoms with Crippen molar-refractivity contribution in [2.75, 3.05) is 27.8 Å². The third-order valence-corrected chi connectivity index (χ3v) is 6.19. The zero-order valence-electron chi connectivity index (χ0n) is 22.0. The summed E-state index contributed by atoms with van der Waals surface area (Å²) in [6.07, 6.45) is 6.63. The van der Waals surface area contributed by atoms with Crippen LogP contribution in [0.25, 0.3) is 0 Å². The smallest absolute Gasteiger partial charge is 0.279 e. The molecule has 9 nitrogen and oxygen atoms in total. The first kappa shape index (κ1) is 29.0. The fourth-order valence-electron chi connectivity index (χ4n) is 3.47. The molecule has 9 heteroatoms. The first-order valence-corrected chi connectivity index (χ1v) is 12.1. The number of hydroxylamine groups is 1. The lowest BCUT2D eigenvalue weighted by molar-refractivity contribution is -0.204. The maximum atomic E-state index is 13.3. The Morgan fingerprint density at radius 3 is 2.44 bits per heavy atom. The van der Waals surface area contributed by atoms with E-state index >= 15 is 0 Å². The van der Waals surface area contributed by atoms with E-state index in [0.717, 1.165) is 24.2 Å². The van der Waals surface area contributed by atoms with Crippen LogP contribution in [0.4, 0.5) is 0 Å². The van der Waals surface area contributed by atoms with Crippen LogP contribution < -0.4 is 10.8 Å². The average Bonchev–Trinajstić information content (AvgIpc) is 2.92. The highest BCUT2D eigenvalue weighted by Crippen LogP contribution is 2.20. The number of amides is 3. The molecular weight excluding hydrogens is 462 g/mol. The molecule has 1 fully saturated rings. The largest absolute Gasteiger partial charge is 0.362 e. The van der Waals surface area contributed by atoms with Gasteiger partial charge in [0.25, 0.3) is 17.7 Å². The van der Waals surface area contributed by atoms with Gasteiger partial charge in [0, 0.05) is 45.4 Å². The van der Waals surface area contributed by atoms with Crippen molar-refractivity contribution in [2.45, 2.75) is 63.9 Å². The minimum Gasteiger partial charge on any atom is -0.362 e. The van der Waals surface area contributed by atoms with Crippen molar-refractivity contribution in [1.29, 1.82) is 0 Å². The van der Waals surface area contributed by atoms with Crippen molar-refractivity contribution < 1.29 is 28.7 Å². The Hall–Kier alpha value is -3.19. The molecule has 1 aromatic carbocycles. The highest BCUT2D eigenvalue weighted by atomic mass is 16.8. The Kier molecular flexibility index (Phi) is 10.7. The standard InChI is InChI=1S/C27H37N3O6/c1-7-8-17-26(2,34-6)18-16-20-12-14-21(15-13-20)23(31)30(5)27(3,24(32)28-4)25(33)29-36-22-11-9-10-19-35-22/h8,12-15,17,22H,7,9-11,19H2,1-6H3,(H,28,32)(H,29,33)/b17-8-. The van der Waals surface area contributed by atoms with E-state index in [0.29, 0.717) is 24.2 Å². The van der Waals surface area contributed by atoms with Gasteiger partial charge in [-0.3, -0.25) is 14.4 Å². The van der Waals surface area contributed by atoms with Gasteiger partial charge >= 0.3 is 0 Å². The Morgan fingerprint density at radius 1 is 1.19 bits per heavy atom. The summed E-state index contributed by atoms with van der Waals surface area (Å²) in [4.78, 5) is 45.5. The third kappa shape index (κ3) is 7.17. The quantitative estimate of drug-likeness (QED) is 0.234. The number of ether oxygens (including phenoxy) is 2. The van der Waals surface area contributed by atoms with E-state index in [-0.39, 0.29) is 0 Å². The first-order chi connectivity index (χ1) is 17.1. The first-order valence-electron chi connectivity index (χ1n) is 12.1. The summed E-state index contributed by atoms with van der Waals surface area (Å²) in [7, 11) is 4.39. The molecule has 2 N–H and O–H groups in total. The molecule has 0 bridgehead atoms. The van der Waals surface area contributed by atoms with Crippen molar-refractivity contribution in [3.05, 3.63) is 47.5 Å². The van der Waals surface area contributed by atoms with Crippen molar-refractivity contribution >= 4 is 17.7 Å². The number of hydrogen-bond acceptors (Lipinski definition) is 6. The van der Waals surface area contributed by atoms with Gasteiger partial charge in [-0.2, -0.15) is 0 Å². The second kappa shape index (κ2) is 13.2. The molecule has 0 aromatic heterocycles. The van der Waals surface area contributed by atoms with Gasteiger partial charge in [-0.1, -0.05) is 24.8 Å². The number of hydrogen-bond donors (Lipinski definition) is 2. The second-order valence-electron chi connectivity index (χ2n) is 8.81. The lowest BCUT2D eigenvalue weighted by Crippen LogP contribution is -2.65. The number of carbonyl (C=O) groups excluding carboxylic acids is 3. The molecule has 3 atom stereocenters. The van der Waals surface area contributed by atoms with Crippen LogP contribution in [0.5, 0.6) is 0 Å². The second-order valence-corrected chi connectivity index (χ2v) is 8.81.